The van der Waals surface area contributed by atoms with E-state index in [-0.39, 0.29) is 17.9 Å². The summed E-state index contributed by atoms with van der Waals surface area (Å²) in [5.74, 6) is -0.151. The number of amides is 2. The largest absolute Gasteiger partial charge is 0.349 e. The minimum absolute atomic E-state index is 0.0189. The predicted octanol–water partition coefficient (Wildman–Crippen LogP) is 4.38. The maximum absolute atomic E-state index is 13.5. The molecule has 33 heavy (non-hydrogen) atoms. The van der Waals surface area contributed by atoms with E-state index in [0.29, 0.717) is 41.4 Å². The maximum Gasteiger partial charge on any atom is 0.254 e. The van der Waals surface area contributed by atoms with Gasteiger partial charge in [-0.15, -0.1) is 11.3 Å². The van der Waals surface area contributed by atoms with Crippen LogP contribution in [0.3, 0.4) is 0 Å². The lowest BCUT2D eigenvalue weighted by Gasteiger charge is -2.32. The number of benzene rings is 1. The Morgan fingerprint density at radius 3 is 2.64 bits per heavy atom. The van der Waals surface area contributed by atoms with Gasteiger partial charge in [0.05, 0.1) is 37.7 Å². The first-order chi connectivity index (χ1) is 16.0. The van der Waals surface area contributed by atoms with Crippen LogP contribution in [0.5, 0.6) is 0 Å². The van der Waals surface area contributed by atoms with Crippen molar-refractivity contribution in [3.63, 3.8) is 0 Å². The molecular weight excluding hydrogens is 458 g/mol. The number of halogens is 1. The molecule has 1 saturated heterocycles. The second kappa shape index (κ2) is 8.96. The number of rotatable bonds is 4. The number of aryl methyl sites for hydroxylation is 1. The van der Waals surface area contributed by atoms with Crippen LogP contribution in [0.25, 0.3) is 21.5 Å². The van der Waals surface area contributed by atoms with Crippen LogP contribution < -0.4 is 5.32 Å². The number of para-hydroxylation sites is 1. The molecule has 4 aromatic rings. The topological polar surface area (TPSA) is 80.1 Å². The smallest absolute Gasteiger partial charge is 0.254 e. The number of carbonyl (C=O) groups is 2. The molecule has 0 atom stereocenters. The Hall–Kier alpha value is -3.23. The number of pyridine rings is 1. The number of nitrogens with zero attached hydrogens (tertiary/aromatic N) is 4. The number of fused-ring (bicyclic) bond motifs is 1. The second-order valence-corrected chi connectivity index (χ2v) is 9.83. The van der Waals surface area contributed by atoms with E-state index in [1.54, 1.807) is 24.1 Å². The maximum atomic E-state index is 13.5. The van der Waals surface area contributed by atoms with Gasteiger partial charge < -0.3 is 10.2 Å². The average Bonchev–Trinajstić information content (AvgIpc) is 3.46. The molecule has 168 valence electrons. The third kappa shape index (κ3) is 4.49. The number of aromatic nitrogens is 3. The molecule has 9 heteroatoms. The molecule has 0 spiro atoms. The third-order valence-corrected chi connectivity index (χ3v) is 7.11. The van der Waals surface area contributed by atoms with Gasteiger partial charge >= 0.3 is 0 Å². The van der Waals surface area contributed by atoms with E-state index in [2.05, 4.69) is 10.4 Å². The van der Waals surface area contributed by atoms with Gasteiger partial charge in [0.25, 0.3) is 11.8 Å². The molecule has 0 unspecified atom stereocenters. The highest BCUT2D eigenvalue weighted by Gasteiger charge is 2.26. The van der Waals surface area contributed by atoms with Gasteiger partial charge in [-0.25, -0.2) is 4.98 Å². The van der Waals surface area contributed by atoms with Crippen LogP contribution in [0.15, 0.2) is 54.9 Å². The Balaban J connectivity index is 1.33. The standard InChI is InChI=1S/C24H22ClN5O2S/c1-29-14-15(13-26-29)23(31)27-16-8-10-30(11-9-16)24(32)18-12-20(21-6-7-22(25)33-21)28-19-5-3-2-4-17(18)19/h2-7,12-14,16H,8-11H2,1H3,(H,27,31). The molecule has 1 aliphatic rings. The van der Waals surface area contributed by atoms with Crippen molar-refractivity contribution < 1.29 is 9.59 Å². The quantitative estimate of drug-likeness (QED) is 0.471. The monoisotopic (exact) mass is 479 g/mol. The summed E-state index contributed by atoms with van der Waals surface area (Å²) in [5.41, 5.74) is 2.70. The van der Waals surface area contributed by atoms with Crippen LogP contribution >= 0.6 is 22.9 Å². The van der Waals surface area contributed by atoms with Crippen LogP contribution in [0.2, 0.25) is 4.34 Å². The van der Waals surface area contributed by atoms with Crippen LogP contribution in [0.4, 0.5) is 0 Å². The average molecular weight is 480 g/mol. The second-order valence-electron chi connectivity index (χ2n) is 8.12. The van der Waals surface area contributed by atoms with Crippen molar-refractivity contribution in [2.45, 2.75) is 18.9 Å². The minimum Gasteiger partial charge on any atom is -0.349 e. The van der Waals surface area contributed by atoms with Crippen LogP contribution in [-0.2, 0) is 7.05 Å². The SMILES string of the molecule is Cn1cc(C(=O)NC2CCN(C(=O)c3cc(-c4ccc(Cl)s4)nc4ccccc34)CC2)cn1. The number of thiophene rings is 1. The molecule has 5 rings (SSSR count). The normalized spacial score (nSPS) is 14.5. The molecule has 1 aromatic carbocycles. The molecule has 2 amide bonds. The molecule has 1 N–H and O–H groups in total. The van der Waals surface area contributed by atoms with Gasteiger partial charge in [-0.1, -0.05) is 29.8 Å². The summed E-state index contributed by atoms with van der Waals surface area (Å²) in [7, 11) is 1.78. The number of nitrogens with one attached hydrogen (secondary N) is 1. The third-order valence-electron chi connectivity index (χ3n) is 5.86. The van der Waals surface area contributed by atoms with E-state index in [4.69, 9.17) is 16.6 Å². The summed E-state index contributed by atoms with van der Waals surface area (Å²) in [6.45, 7) is 1.15. The Kier molecular flexibility index (Phi) is 5.86. The zero-order valence-corrected chi connectivity index (χ0v) is 19.6. The van der Waals surface area contributed by atoms with Crippen molar-refractivity contribution in [3.8, 4) is 10.6 Å². The van der Waals surface area contributed by atoms with Crippen molar-refractivity contribution in [3.05, 3.63) is 70.3 Å². The first-order valence-electron chi connectivity index (χ1n) is 10.7. The van der Waals surface area contributed by atoms with E-state index in [1.807, 2.05) is 47.4 Å². The molecule has 0 aliphatic carbocycles. The van der Waals surface area contributed by atoms with E-state index < -0.39 is 0 Å². The van der Waals surface area contributed by atoms with Crippen LogP contribution in [-0.4, -0.2) is 50.6 Å². The molecule has 0 saturated carbocycles. The van der Waals surface area contributed by atoms with Crippen LogP contribution in [0, 0.1) is 0 Å². The highest BCUT2D eigenvalue weighted by atomic mass is 35.5. The first kappa shape index (κ1) is 21.6. The Morgan fingerprint density at radius 2 is 1.94 bits per heavy atom. The van der Waals surface area contributed by atoms with Gasteiger partial charge in [-0.2, -0.15) is 5.10 Å². The predicted molar refractivity (Wildman–Crippen MR) is 130 cm³/mol. The van der Waals surface area contributed by atoms with Crippen molar-refractivity contribution in [2.24, 2.45) is 7.05 Å². The van der Waals surface area contributed by atoms with E-state index >= 15 is 0 Å². The molecule has 3 aromatic heterocycles. The summed E-state index contributed by atoms with van der Waals surface area (Å²) in [5, 5.41) is 7.94. The van der Waals surface area contributed by atoms with Crippen LogP contribution in [0.1, 0.15) is 33.6 Å². The van der Waals surface area contributed by atoms with Gasteiger partial charge in [0.1, 0.15) is 0 Å². The molecule has 7 nitrogen and oxygen atoms in total. The van der Waals surface area contributed by atoms with Gasteiger partial charge in [0, 0.05) is 37.8 Å². The minimum atomic E-state index is -0.132. The summed E-state index contributed by atoms with van der Waals surface area (Å²) in [6.07, 6.45) is 4.66. The summed E-state index contributed by atoms with van der Waals surface area (Å²) in [4.78, 5) is 33.5. The number of likely N-dealkylation sites (tertiary alicyclic amines) is 1. The van der Waals surface area contributed by atoms with Crippen molar-refractivity contribution in [2.75, 3.05) is 13.1 Å². The van der Waals surface area contributed by atoms with Crippen molar-refractivity contribution in [1.29, 1.82) is 0 Å². The Labute approximate surface area is 200 Å². The highest BCUT2D eigenvalue weighted by Crippen LogP contribution is 2.33. The lowest BCUT2D eigenvalue weighted by Crippen LogP contribution is -2.46. The van der Waals surface area contributed by atoms with Gasteiger partial charge in [0.2, 0.25) is 0 Å². The van der Waals surface area contributed by atoms with Crippen molar-refractivity contribution in [1.82, 2.24) is 25.0 Å². The summed E-state index contributed by atoms with van der Waals surface area (Å²) < 4.78 is 2.29. The lowest BCUT2D eigenvalue weighted by molar-refractivity contribution is 0.0700. The van der Waals surface area contributed by atoms with Gasteiger partial charge in [-0.05, 0) is 37.1 Å². The summed E-state index contributed by atoms with van der Waals surface area (Å²) in [6, 6.07) is 13.3. The fraction of sp³-hybridized carbons (Fsp3) is 0.250. The first-order valence-corrected chi connectivity index (χ1v) is 11.9. The Morgan fingerprint density at radius 1 is 1.15 bits per heavy atom. The molecule has 0 bridgehead atoms. The number of hydrogen-bond donors (Lipinski definition) is 1. The molecule has 4 heterocycles. The molecule has 1 aliphatic heterocycles. The van der Waals surface area contributed by atoms with E-state index in [1.165, 1.54) is 11.3 Å². The van der Waals surface area contributed by atoms with Gasteiger partial charge in [-0.3, -0.25) is 14.3 Å². The summed E-state index contributed by atoms with van der Waals surface area (Å²) >= 11 is 7.57. The molecular formula is C24H22ClN5O2S. The van der Waals surface area contributed by atoms with E-state index in [0.717, 1.165) is 21.5 Å². The fourth-order valence-corrected chi connectivity index (χ4v) is 5.14. The highest BCUT2D eigenvalue weighted by molar-refractivity contribution is 7.19. The van der Waals surface area contributed by atoms with Gasteiger partial charge in [0.15, 0.2) is 0 Å². The number of piperidine rings is 1. The molecule has 1 fully saturated rings. The van der Waals surface area contributed by atoms with E-state index in [9.17, 15) is 9.59 Å². The lowest BCUT2D eigenvalue weighted by atomic mass is 10.0. The fourth-order valence-electron chi connectivity index (χ4n) is 4.13. The zero-order valence-electron chi connectivity index (χ0n) is 18.0. The number of carbonyl (C=O) groups excluding carboxylic acids is 2. The molecule has 0 radical (unpaired) electrons. The Bertz CT molecular complexity index is 1340. The zero-order chi connectivity index (χ0) is 22.9. The number of hydrogen-bond acceptors (Lipinski definition) is 5. The van der Waals surface area contributed by atoms with Crippen molar-refractivity contribution >= 4 is 45.7 Å².